The minimum Gasteiger partial charge on any atom is -0.311 e. The summed E-state index contributed by atoms with van der Waals surface area (Å²) in [5.41, 5.74) is 14.0. The fourth-order valence-corrected chi connectivity index (χ4v) is 11.5. The van der Waals surface area contributed by atoms with Crippen molar-refractivity contribution in [3.63, 3.8) is 0 Å². The van der Waals surface area contributed by atoms with Crippen molar-refractivity contribution in [2.45, 2.75) is 37.5 Å². The smallest absolute Gasteiger partial charge is 0.0995 e. The van der Waals surface area contributed by atoms with Crippen LogP contribution in [-0.4, -0.2) is 0 Å². The van der Waals surface area contributed by atoms with Gasteiger partial charge in [-0.2, -0.15) is 5.26 Å². The van der Waals surface area contributed by atoms with E-state index in [0.29, 0.717) is 17.4 Å². The van der Waals surface area contributed by atoms with Gasteiger partial charge in [-0.05, 0) is 154 Å². The lowest BCUT2D eigenvalue weighted by molar-refractivity contribution is -0.0400. The van der Waals surface area contributed by atoms with Crippen LogP contribution in [0.25, 0.3) is 44.5 Å². The topological polar surface area (TPSA) is 27.0 Å². The van der Waals surface area contributed by atoms with Gasteiger partial charge in [0, 0.05) is 22.5 Å². The molecule has 1 spiro atoms. The van der Waals surface area contributed by atoms with Gasteiger partial charge in [0.25, 0.3) is 0 Å². The Hall–Kier alpha value is -6.17. The third-order valence-electron chi connectivity index (χ3n) is 13.4. The molecule has 0 unspecified atom stereocenters. The van der Waals surface area contributed by atoms with E-state index < -0.39 is 6.04 Å². The van der Waals surface area contributed by atoms with E-state index in [9.17, 15) is 5.26 Å². The molecule has 0 aliphatic heterocycles. The van der Waals surface area contributed by atoms with E-state index in [1.54, 1.807) is 0 Å². The van der Waals surface area contributed by atoms with E-state index in [-0.39, 0.29) is 35.1 Å². The molecule has 4 fully saturated rings. The lowest BCUT2D eigenvalue weighted by atomic mass is 9.43. The molecule has 0 radical (unpaired) electrons. The highest BCUT2D eigenvalue weighted by Gasteiger charge is 2.62. The van der Waals surface area contributed by atoms with Gasteiger partial charge in [0.2, 0.25) is 0 Å². The molecule has 4 bridgehead atoms. The fraction of sp³-hybridized carbons (Fsp3) is 0.189. The molecule has 5 aliphatic carbocycles. The SMILES string of the molecule is [2H]c1c([2H])c([2H])c(-c2ccc(N(c3ccc(-c4ccccc4)cc3)c3ccc(-c4ccc(C#N)c5c4-c4ccccc4C54C5CC6CC(C5)CC4C6)cc3)cc2)c([2H])c1[2H]. The Morgan fingerprint density at radius 3 is 1.64 bits per heavy atom. The quantitative estimate of drug-likeness (QED) is 0.172. The van der Waals surface area contributed by atoms with E-state index in [1.165, 1.54) is 54.4 Å². The Morgan fingerprint density at radius 2 is 1.04 bits per heavy atom. The first-order valence-corrected chi connectivity index (χ1v) is 19.7. The molecule has 7 aromatic carbocycles. The van der Waals surface area contributed by atoms with Crippen LogP contribution in [0, 0.1) is 35.0 Å². The first-order valence-electron chi connectivity index (χ1n) is 22.2. The number of rotatable bonds is 6. The summed E-state index contributed by atoms with van der Waals surface area (Å²) in [5.74, 6) is 2.76. The Kier molecular flexibility index (Phi) is 6.34. The standard InChI is InChI=1S/C53H42N2/c54-34-42-21-28-48(51-49-13-7-8-14-50(49)53(52(42)51)43-30-35-29-36(32-43)33-44(53)31-35)41-19-26-47(27-20-41)55(45-22-15-39(16-23-45)37-9-3-1-4-10-37)46-24-17-40(18-25-46)38-11-5-2-6-12-38/h1-28,35-36,43-44H,29-33H2/i1D,3D,4D,9D,10D. The van der Waals surface area contributed by atoms with Crippen molar-refractivity contribution in [2.75, 3.05) is 4.90 Å². The maximum atomic E-state index is 10.7. The minimum atomic E-state index is -0.401. The van der Waals surface area contributed by atoms with Gasteiger partial charge in [0.1, 0.15) is 0 Å². The highest BCUT2D eigenvalue weighted by atomic mass is 15.1. The predicted molar refractivity (Wildman–Crippen MR) is 225 cm³/mol. The van der Waals surface area contributed by atoms with Crippen molar-refractivity contribution < 1.29 is 6.85 Å². The van der Waals surface area contributed by atoms with Gasteiger partial charge < -0.3 is 4.90 Å². The summed E-state index contributed by atoms with van der Waals surface area (Å²) >= 11 is 0. The zero-order chi connectivity index (χ0) is 40.9. The van der Waals surface area contributed by atoms with Crippen molar-refractivity contribution in [1.29, 1.82) is 5.26 Å². The average molecular weight is 712 g/mol. The molecule has 2 nitrogen and oxygen atoms in total. The average Bonchev–Trinajstić information content (AvgIpc) is 3.59. The maximum Gasteiger partial charge on any atom is 0.0995 e. The minimum absolute atomic E-state index is 0.107. The lowest BCUT2D eigenvalue weighted by Gasteiger charge is -2.61. The Labute approximate surface area is 331 Å². The van der Waals surface area contributed by atoms with Gasteiger partial charge in [-0.15, -0.1) is 0 Å². The van der Waals surface area contributed by atoms with Crippen LogP contribution in [0.2, 0.25) is 0 Å². The van der Waals surface area contributed by atoms with Crippen LogP contribution >= 0.6 is 0 Å². The summed E-state index contributed by atoms with van der Waals surface area (Å²) in [5, 5.41) is 10.7. The zero-order valence-electron chi connectivity index (χ0n) is 35.5. The molecular formula is C53H42N2. The molecule has 7 aromatic rings. The van der Waals surface area contributed by atoms with Crippen molar-refractivity contribution >= 4 is 17.1 Å². The van der Waals surface area contributed by atoms with E-state index in [0.717, 1.165) is 56.7 Å². The summed E-state index contributed by atoms with van der Waals surface area (Å²) in [4.78, 5) is 2.19. The first kappa shape index (κ1) is 27.4. The molecule has 55 heavy (non-hydrogen) atoms. The molecule has 0 aromatic heterocycles. The van der Waals surface area contributed by atoms with Crippen LogP contribution in [0.4, 0.5) is 17.1 Å². The summed E-state index contributed by atoms with van der Waals surface area (Å²) in [7, 11) is 0. The highest BCUT2D eigenvalue weighted by molar-refractivity contribution is 5.95. The number of nitrogens with zero attached hydrogens (tertiary/aromatic N) is 2. The van der Waals surface area contributed by atoms with Gasteiger partial charge in [0.05, 0.1) is 18.5 Å². The summed E-state index contributed by atoms with van der Waals surface area (Å²) in [6.45, 7) is 0. The van der Waals surface area contributed by atoms with Crippen molar-refractivity contribution in [2.24, 2.45) is 23.7 Å². The number of hydrogen-bond donors (Lipinski definition) is 0. The van der Waals surface area contributed by atoms with Crippen LogP contribution in [0.5, 0.6) is 0 Å². The predicted octanol–water partition coefficient (Wildman–Crippen LogP) is 13.8. The summed E-state index contributed by atoms with van der Waals surface area (Å²) in [6.07, 6.45) is 6.42. The second kappa shape index (κ2) is 12.7. The number of hydrogen-bond acceptors (Lipinski definition) is 2. The zero-order valence-corrected chi connectivity index (χ0v) is 30.5. The lowest BCUT2D eigenvalue weighted by Crippen LogP contribution is -2.55. The molecule has 5 aliphatic rings. The van der Waals surface area contributed by atoms with Gasteiger partial charge in [0.15, 0.2) is 0 Å². The molecule has 0 heterocycles. The molecule has 2 heteroatoms. The molecular weight excluding hydrogens is 665 g/mol. The van der Waals surface area contributed by atoms with Crippen LogP contribution in [0.3, 0.4) is 0 Å². The van der Waals surface area contributed by atoms with Crippen molar-refractivity contribution in [1.82, 2.24) is 0 Å². The Bertz CT molecular complexity index is 2820. The van der Waals surface area contributed by atoms with E-state index >= 15 is 0 Å². The fourth-order valence-electron chi connectivity index (χ4n) is 11.5. The van der Waals surface area contributed by atoms with E-state index in [1.807, 2.05) is 42.5 Å². The summed E-state index contributed by atoms with van der Waals surface area (Å²) < 4.78 is 41.7. The largest absolute Gasteiger partial charge is 0.311 e. The Balaban J connectivity index is 1.02. The molecule has 0 N–H and O–H groups in total. The number of nitriles is 1. The van der Waals surface area contributed by atoms with Crippen LogP contribution in [0.1, 0.15) is 55.6 Å². The molecule has 0 atom stereocenters. The molecule has 0 amide bonds. The highest BCUT2D eigenvalue weighted by Crippen LogP contribution is 2.70. The molecule has 0 saturated heterocycles. The van der Waals surface area contributed by atoms with E-state index in [4.69, 9.17) is 6.85 Å². The van der Waals surface area contributed by atoms with Crippen LogP contribution in [0.15, 0.2) is 170 Å². The van der Waals surface area contributed by atoms with Gasteiger partial charge in [-0.3, -0.25) is 0 Å². The first-order chi connectivity index (χ1) is 29.3. The third-order valence-corrected chi connectivity index (χ3v) is 13.4. The van der Waals surface area contributed by atoms with Gasteiger partial charge in [-0.1, -0.05) is 127 Å². The third kappa shape index (κ3) is 4.99. The second-order valence-electron chi connectivity index (χ2n) is 16.1. The molecule has 4 saturated carbocycles. The Morgan fingerprint density at radius 1 is 0.509 bits per heavy atom. The van der Waals surface area contributed by atoms with Gasteiger partial charge >= 0.3 is 0 Å². The summed E-state index contributed by atoms with van der Waals surface area (Å²) in [6, 6.07) is 49.5. The molecule has 12 rings (SSSR count). The van der Waals surface area contributed by atoms with E-state index in [2.05, 4.69) is 108 Å². The van der Waals surface area contributed by atoms with Crippen LogP contribution in [-0.2, 0) is 5.41 Å². The maximum absolute atomic E-state index is 10.7. The van der Waals surface area contributed by atoms with Gasteiger partial charge in [-0.25, -0.2) is 0 Å². The number of anilines is 3. The van der Waals surface area contributed by atoms with Crippen molar-refractivity contribution in [3.05, 3.63) is 186 Å². The normalized spacial score (nSPS) is 23.9. The monoisotopic (exact) mass is 711 g/mol. The number of fused-ring (bicyclic) bond motifs is 3. The van der Waals surface area contributed by atoms with Crippen LogP contribution < -0.4 is 4.90 Å². The second-order valence-corrected chi connectivity index (χ2v) is 16.1. The number of benzene rings is 7. The molecule has 264 valence electrons. The van der Waals surface area contributed by atoms with Crippen molar-refractivity contribution in [3.8, 4) is 50.6 Å².